The van der Waals surface area contributed by atoms with E-state index in [2.05, 4.69) is 18.0 Å². The molecule has 0 aromatic carbocycles. The smallest absolute Gasteiger partial charge is 0.0612 e. The molecule has 1 atom stereocenters. The van der Waals surface area contributed by atoms with Crippen LogP contribution in [-0.2, 0) is 0 Å². The summed E-state index contributed by atoms with van der Waals surface area (Å²) in [4.78, 5) is 2.39. The monoisotopic (exact) mass is 155 g/mol. The molecule has 1 fully saturated rings. The van der Waals surface area contributed by atoms with Gasteiger partial charge in [0, 0.05) is 6.04 Å². The maximum atomic E-state index is 8.51. The van der Waals surface area contributed by atoms with Crippen molar-refractivity contribution in [1.82, 2.24) is 4.90 Å². The molecular weight excluding hydrogens is 138 g/mol. The van der Waals surface area contributed by atoms with Crippen molar-refractivity contribution in [3.63, 3.8) is 0 Å². The minimum atomic E-state index is 0.177. The Balaban J connectivity index is 2.20. The van der Waals surface area contributed by atoms with Crippen molar-refractivity contribution >= 4 is 0 Å². The highest BCUT2D eigenvalue weighted by molar-refractivity contribution is 4.88. The molecule has 2 nitrogen and oxygen atoms in total. The Kier molecular flexibility index (Phi) is 3.60. The second kappa shape index (κ2) is 4.52. The third-order valence-corrected chi connectivity index (χ3v) is 2.35. The molecule has 1 unspecified atom stereocenters. The first-order valence-corrected chi connectivity index (χ1v) is 4.30. The number of hydrogen-bond acceptors (Lipinski definition) is 2. The van der Waals surface area contributed by atoms with Gasteiger partial charge >= 0.3 is 0 Å². The highest BCUT2D eigenvalue weighted by atomic mass is 16.2. The quantitative estimate of drug-likeness (QED) is 0.615. The summed E-state index contributed by atoms with van der Waals surface area (Å²) in [6, 6.07) is 0.720. The highest BCUT2D eigenvalue weighted by Gasteiger charge is 2.18. The zero-order valence-electron chi connectivity index (χ0n) is 7.16. The summed E-state index contributed by atoms with van der Waals surface area (Å²) in [7, 11) is 2.17. The largest absolute Gasteiger partial charge is 0.392 e. The van der Waals surface area contributed by atoms with Crippen molar-refractivity contribution < 1.29 is 5.11 Å². The average Bonchev–Trinajstić information content (AvgIpc) is 2.37. The van der Waals surface area contributed by atoms with Gasteiger partial charge in [-0.05, 0) is 32.9 Å². The lowest BCUT2D eigenvalue weighted by molar-refractivity contribution is 0.311. The minimum Gasteiger partial charge on any atom is -0.392 e. The van der Waals surface area contributed by atoms with Gasteiger partial charge in [0.1, 0.15) is 0 Å². The fourth-order valence-electron chi connectivity index (χ4n) is 1.60. The van der Waals surface area contributed by atoms with Gasteiger partial charge in [-0.1, -0.05) is 12.2 Å². The molecule has 1 aliphatic heterocycles. The van der Waals surface area contributed by atoms with Crippen molar-refractivity contribution in [3.8, 4) is 0 Å². The molecule has 1 aliphatic rings. The zero-order chi connectivity index (χ0) is 8.10. The van der Waals surface area contributed by atoms with Crippen LogP contribution in [0.1, 0.15) is 19.3 Å². The third-order valence-electron chi connectivity index (χ3n) is 2.35. The summed E-state index contributed by atoms with van der Waals surface area (Å²) in [6.45, 7) is 1.41. The molecule has 0 radical (unpaired) electrons. The number of nitrogens with zero attached hydrogens (tertiary/aromatic N) is 1. The molecule has 0 aromatic heterocycles. The van der Waals surface area contributed by atoms with Gasteiger partial charge in [0.2, 0.25) is 0 Å². The zero-order valence-corrected chi connectivity index (χ0v) is 7.16. The van der Waals surface area contributed by atoms with Crippen LogP contribution < -0.4 is 0 Å². The third kappa shape index (κ3) is 2.64. The molecule has 0 saturated carbocycles. The summed E-state index contributed by atoms with van der Waals surface area (Å²) < 4.78 is 0. The molecule has 11 heavy (non-hydrogen) atoms. The Bertz CT molecular complexity index is 134. The molecule has 0 bridgehead atoms. The van der Waals surface area contributed by atoms with Crippen LogP contribution in [0, 0.1) is 0 Å². The van der Waals surface area contributed by atoms with E-state index < -0.39 is 0 Å². The van der Waals surface area contributed by atoms with E-state index in [1.807, 2.05) is 6.08 Å². The molecular formula is C9H17NO. The van der Waals surface area contributed by atoms with E-state index in [0.29, 0.717) is 0 Å². The number of aliphatic hydroxyl groups is 1. The summed E-state index contributed by atoms with van der Waals surface area (Å²) in [6.07, 6.45) is 7.64. The molecule has 1 heterocycles. The van der Waals surface area contributed by atoms with Gasteiger partial charge in [-0.2, -0.15) is 0 Å². The summed E-state index contributed by atoms with van der Waals surface area (Å²) >= 11 is 0. The lowest BCUT2D eigenvalue weighted by atomic mass is 10.1. The maximum Gasteiger partial charge on any atom is 0.0612 e. The molecule has 1 N–H and O–H groups in total. The van der Waals surface area contributed by atoms with Gasteiger partial charge in [0.15, 0.2) is 0 Å². The summed E-state index contributed by atoms with van der Waals surface area (Å²) in [5.41, 5.74) is 0. The lowest BCUT2D eigenvalue weighted by Gasteiger charge is -2.16. The molecule has 64 valence electrons. The van der Waals surface area contributed by atoms with Crippen molar-refractivity contribution in [1.29, 1.82) is 0 Å². The average molecular weight is 155 g/mol. The number of rotatable bonds is 3. The standard InChI is InChI=1S/C9H17NO/c1-10-7-4-6-9(10)5-2-3-8-11/h2-3,9,11H,4-8H2,1H3/b3-2+. The maximum absolute atomic E-state index is 8.51. The summed E-state index contributed by atoms with van der Waals surface area (Å²) in [5.74, 6) is 0. The van der Waals surface area contributed by atoms with E-state index >= 15 is 0 Å². The van der Waals surface area contributed by atoms with Gasteiger partial charge in [-0.3, -0.25) is 0 Å². The first kappa shape index (κ1) is 8.75. The number of hydrogen-bond donors (Lipinski definition) is 1. The van der Waals surface area contributed by atoms with Crippen LogP contribution in [0.15, 0.2) is 12.2 Å². The molecule has 0 aliphatic carbocycles. The first-order valence-electron chi connectivity index (χ1n) is 4.30. The molecule has 0 aromatic rings. The van der Waals surface area contributed by atoms with Gasteiger partial charge in [0.05, 0.1) is 6.61 Å². The van der Waals surface area contributed by atoms with E-state index in [1.165, 1.54) is 19.4 Å². The van der Waals surface area contributed by atoms with E-state index in [9.17, 15) is 0 Å². The van der Waals surface area contributed by atoms with Gasteiger partial charge < -0.3 is 10.0 Å². The Labute approximate surface area is 68.5 Å². The van der Waals surface area contributed by atoms with Crippen LogP contribution in [-0.4, -0.2) is 36.2 Å². The minimum absolute atomic E-state index is 0.177. The van der Waals surface area contributed by atoms with Crippen LogP contribution in [0.4, 0.5) is 0 Å². The first-order chi connectivity index (χ1) is 5.34. The van der Waals surface area contributed by atoms with Gasteiger partial charge in [-0.25, -0.2) is 0 Å². The van der Waals surface area contributed by atoms with Crippen molar-refractivity contribution in [3.05, 3.63) is 12.2 Å². The molecule has 2 heteroatoms. The van der Waals surface area contributed by atoms with Crippen LogP contribution in [0.3, 0.4) is 0 Å². The van der Waals surface area contributed by atoms with Crippen molar-refractivity contribution in [2.24, 2.45) is 0 Å². The normalized spacial score (nSPS) is 26.9. The predicted molar refractivity (Wildman–Crippen MR) is 46.5 cm³/mol. The Hall–Kier alpha value is -0.340. The second-order valence-electron chi connectivity index (χ2n) is 3.17. The summed E-state index contributed by atoms with van der Waals surface area (Å²) in [5, 5.41) is 8.51. The lowest BCUT2D eigenvalue weighted by Crippen LogP contribution is -2.23. The molecule has 1 saturated heterocycles. The topological polar surface area (TPSA) is 23.5 Å². The van der Waals surface area contributed by atoms with E-state index in [4.69, 9.17) is 5.11 Å². The van der Waals surface area contributed by atoms with Crippen LogP contribution >= 0.6 is 0 Å². The Morgan fingerprint density at radius 3 is 2.91 bits per heavy atom. The van der Waals surface area contributed by atoms with Crippen LogP contribution in [0.5, 0.6) is 0 Å². The van der Waals surface area contributed by atoms with E-state index in [0.717, 1.165) is 12.5 Å². The Morgan fingerprint density at radius 2 is 2.36 bits per heavy atom. The van der Waals surface area contributed by atoms with Crippen molar-refractivity contribution in [2.45, 2.75) is 25.3 Å². The predicted octanol–water partition coefficient (Wildman–Crippen LogP) is 1.02. The van der Waals surface area contributed by atoms with E-state index in [-0.39, 0.29) is 6.61 Å². The Morgan fingerprint density at radius 1 is 1.55 bits per heavy atom. The van der Waals surface area contributed by atoms with Crippen LogP contribution in [0.2, 0.25) is 0 Å². The molecule has 0 amide bonds. The second-order valence-corrected chi connectivity index (χ2v) is 3.17. The highest BCUT2D eigenvalue weighted by Crippen LogP contribution is 2.17. The molecule has 1 rings (SSSR count). The van der Waals surface area contributed by atoms with Crippen LogP contribution in [0.25, 0.3) is 0 Å². The SMILES string of the molecule is CN1CCCC1C/C=C/CO. The number of aliphatic hydroxyl groups excluding tert-OH is 1. The number of likely N-dealkylation sites (tertiary alicyclic amines) is 1. The fraction of sp³-hybridized carbons (Fsp3) is 0.778. The molecule has 0 spiro atoms. The van der Waals surface area contributed by atoms with Gasteiger partial charge in [-0.15, -0.1) is 0 Å². The van der Waals surface area contributed by atoms with E-state index in [1.54, 1.807) is 0 Å². The van der Waals surface area contributed by atoms with Crippen molar-refractivity contribution in [2.75, 3.05) is 20.2 Å². The fourth-order valence-corrected chi connectivity index (χ4v) is 1.60. The van der Waals surface area contributed by atoms with Gasteiger partial charge in [0.25, 0.3) is 0 Å².